The van der Waals surface area contributed by atoms with Gasteiger partial charge in [-0.25, -0.2) is 12.8 Å². The third-order valence-electron chi connectivity index (χ3n) is 1.66. The fourth-order valence-corrected chi connectivity index (χ4v) is 2.10. The van der Waals surface area contributed by atoms with Crippen LogP contribution >= 0.6 is 0 Å². The summed E-state index contributed by atoms with van der Waals surface area (Å²) in [6.07, 6.45) is 5.85. The standard InChI is InChI=1S/C11H15FN2O2S/c1-3-11(6-8-14-4-2)17(15,16)9-10(12)5-7-13/h3-6,8H,1-2,7,9,13H2/b10-5-,11-6+,14-8?. The number of rotatable bonds is 7. The van der Waals surface area contributed by atoms with Crippen molar-refractivity contribution in [3.63, 3.8) is 0 Å². The molecule has 0 bridgehead atoms. The van der Waals surface area contributed by atoms with Crippen molar-refractivity contribution in [3.8, 4) is 0 Å². The Kier molecular flexibility index (Phi) is 7.00. The molecule has 0 aromatic carbocycles. The monoisotopic (exact) mass is 258 g/mol. The summed E-state index contributed by atoms with van der Waals surface area (Å²) in [7, 11) is -3.76. The minimum absolute atomic E-state index is 0.0492. The predicted molar refractivity (Wildman–Crippen MR) is 69.0 cm³/mol. The lowest BCUT2D eigenvalue weighted by molar-refractivity contribution is 0.589. The average molecular weight is 258 g/mol. The maximum absolute atomic E-state index is 13.1. The van der Waals surface area contributed by atoms with Crippen LogP contribution in [0.15, 0.2) is 53.3 Å². The van der Waals surface area contributed by atoms with Crippen molar-refractivity contribution in [2.24, 2.45) is 10.7 Å². The van der Waals surface area contributed by atoms with E-state index in [1.807, 2.05) is 0 Å². The van der Waals surface area contributed by atoms with Crippen LogP contribution in [0.5, 0.6) is 0 Å². The van der Waals surface area contributed by atoms with Crippen LogP contribution in [0.2, 0.25) is 0 Å². The average Bonchev–Trinajstić information content (AvgIpc) is 2.23. The second-order valence-electron chi connectivity index (χ2n) is 2.90. The summed E-state index contributed by atoms with van der Waals surface area (Å²) in [6.45, 7) is 6.64. The molecular formula is C11H15FN2O2S. The van der Waals surface area contributed by atoms with Crippen molar-refractivity contribution < 1.29 is 12.8 Å². The number of halogens is 1. The fourth-order valence-electron chi connectivity index (χ4n) is 0.928. The molecule has 0 aliphatic rings. The first-order valence-corrected chi connectivity index (χ1v) is 6.37. The molecule has 0 saturated heterocycles. The third kappa shape index (κ3) is 5.94. The normalized spacial score (nSPS) is 14.0. The van der Waals surface area contributed by atoms with Gasteiger partial charge in [-0.2, -0.15) is 0 Å². The first kappa shape index (κ1) is 15.5. The zero-order chi connectivity index (χ0) is 13.3. The van der Waals surface area contributed by atoms with Gasteiger partial charge in [-0.05, 0) is 12.2 Å². The molecule has 0 aliphatic carbocycles. The Labute approximate surface area is 101 Å². The second kappa shape index (κ2) is 7.70. The van der Waals surface area contributed by atoms with E-state index in [1.165, 1.54) is 18.5 Å². The summed E-state index contributed by atoms with van der Waals surface area (Å²) in [5.74, 6) is -1.52. The summed E-state index contributed by atoms with van der Waals surface area (Å²) >= 11 is 0. The molecule has 2 N–H and O–H groups in total. The first-order chi connectivity index (χ1) is 7.97. The largest absolute Gasteiger partial charge is 0.327 e. The molecule has 0 spiro atoms. The molecule has 0 radical (unpaired) electrons. The van der Waals surface area contributed by atoms with E-state index in [2.05, 4.69) is 18.2 Å². The Morgan fingerprint density at radius 2 is 2.06 bits per heavy atom. The Morgan fingerprint density at radius 3 is 2.53 bits per heavy atom. The van der Waals surface area contributed by atoms with Gasteiger partial charge in [0, 0.05) is 19.0 Å². The van der Waals surface area contributed by atoms with E-state index in [4.69, 9.17) is 5.73 Å². The van der Waals surface area contributed by atoms with Crippen molar-refractivity contribution in [1.82, 2.24) is 0 Å². The van der Waals surface area contributed by atoms with Gasteiger partial charge in [0.1, 0.15) is 11.6 Å². The van der Waals surface area contributed by atoms with Gasteiger partial charge in [0.15, 0.2) is 9.84 Å². The number of nitrogens with zero attached hydrogens (tertiary/aromatic N) is 1. The van der Waals surface area contributed by atoms with E-state index >= 15 is 0 Å². The zero-order valence-electron chi connectivity index (χ0n) is 9.34. The molecule has 0 unspecified atom stereocenters. The van der Waals surface area contributed by atoms with E-state index in [1.54, 1.807) is 0 Å². The molecule has 4 nitrogen and oxygen atoms in total. The topological polar surface area (TPSA) is 72.5 Å². The molecule has 0 amide bonds. The van der Waals surface area contributed by atoms with Gasteiger partial charge in [0.2, 0.25) is 0 Å². The molecular weight excluding hydrogens is 243 g/mol. The molecule has 0 heterocycles. The van der Waals surface area contributed by atoms with E-state index in [-0.39, 0.29) is 11.4 Å². The quantitative estimate of drug-likeness (QED) is 0.555. The Hall–Kier alpha value is -1.53. The van der Waals surface area contributed by atoms with E-state index < -0.39 is 21.4 Å². The highest BCUT2D eigenvalue weighted by molar-refractivity contribution is 7.95. The smallest absolute Gasteiger partial charge is 0.184 e. The SMILES string of the molecule is C=CN=C/C=C(\C=C)S(=O)(=O)C/C(F)=C/CN. The minimum atomic E-state index is -3.76. The second-order valence-corrected chi connectivity index (χ2v) is 4.89. The van der Waals surface area contributed by atoms with Gasteiger partial charge >= 0.3 is 0 Å². The summed E-state index contributed by atoms with van der Waals surface area (Å²) < 4.78 is 36.5. The number of aliphatic imine (C=N–C) groups is 1. The van der Waals surface area contributed by atoms with Gasteiger partial charge in [0.05, 0.1) is 4.91 Å². The number of allylic oxidation sites excluding steroid dienone is 2. The van der Waals surface area contributed by atoms with E-state index in [9.17, 15) is 12.8 Å². The van der Waals surface area contributed by atoms with Crippen LogP contribution in [0.1, 0.15) is 0 Å². The van der Waals surface area contributed by atoms with Crippen LogP contribution < -0.4 is 5.73 Å². The van der Waals surface area contributed by atoms with Gasteiger partial charge in [-0.1, -0.05) is 19.2 Å². The number of nitrogens with two attached hydrogens (primary N) is 1. The highest BCUT2D eigenvalue weighted by Gasteiger charge is 2.16. The van der Waals surface area contributed by atoms with Gasteiger partial charge in [-0.15, -0.1) is 0 Å². The van der Waals surface area contributed by atoms with Gasteiger partial charge in [-0.3, -0.25) is 4.99 Å². The summed E-state index contributed by atoms with van der Waals surface area (Å²) in [4.78, 5) is 3.50. The fraction of sp³-hybridized carbons (Fsp3) is 0.182. The van der Waals surface area contributed by atoms with E-state index in [0.717, 1.165) is 12.2 Å². The highest BCUT2D eigenvalue weighted by atomic mass is 32.2. The minimum Gasteiger partial charge on any atom is -0.327 e. The highest BCUT2D eigenvalue weighted by Crippen LogP contribution is 2.12. The third-order valence-corrected chi connectivity index (χ3v) is 3.33. The maximum atomic E-state index is 13.1. The molecule has 0 aromatic heterocycles. The summed E-state index contributed by atoms with van der Waals surface area (Å²) in [5, 5.41) is 0. The van der Waals surface area contributed by atoms with E-state index in [0.29, 0.717) is 0 Å². The van der Waals surface area contributed by atoms with Crippen LogP contribution in [-0.4, -0.2) is 26.9 Å². The molecule has 0 aromatic rings. The predicted octanol–water partition coefficient (Wildman–Crippen LogP) is 1.50. The molecule has 0 fully saturated rings. The lowest BCUT2D eigenvalue weighted by Gasteiger charge is -2.02. The van der Waals surface area contributed by atoms with Crippen LogP contribution in [-0.2, 0) is 9.84 Å². The molecule has 6 heteroatoms. The molecule has 94 valence electrons. The van der Waals surface area contributed by atoms with Crippen LogP contribution in [0.25, 0.3) is 0 Å². The van der Waals surface area contributed by atoms with Crippen LogP contribution in [0, 0.1) is 0 Å². The first-order valence-electron chi connectivity index (χ1n) is 4.72. The lowest BCUT2D eigenvalue weighted by atomic mass is 10.5. The zero-order valence-corrected chi connectivity index (χ0v) is 10.2. The number of hydrogen-bond acceptors (Lipinski definition) is 4. The Balaban J connectivity index is 5.07. The molecule has 0 saturated carbocycles. The summed E-state index contributed by atoms with van der Waals surface area (Å²) in [5.41, 5.74) is 5.08. The summed E-state index contributed by atoms with van der Waals surface area (Å²) in [6, 6.07) is 0. The Bertz CT molecular complexity index is 462. The van der Waals surface area contributed by atoms with Crippen molar-refractivity contribution in [2.45, 2.75) is 0 Å². The van der Waals surface area contributed by atoms with Gasteiger partial charge < -0.3 is 5.73 Å². The molecule has 0 aliphatic heterocycles. The molecule has 0 rings (SSSR count). The van der Waals surface area contributed by atoms with Crippen molar-refractivity contribution in [3.05, 3.63) is 48.3 Å². The molecule has 0 atom stereocenters. The molecule has 17 heavy (non-hydrogen) atoms. The van der Waals surface area contributed by atoms with Crippen molar-refractivity contribution in [2.75, 3.05) is 12.3 Å². The number of hydrogen-bond donors (Lipinski definition) is 1. The van der Waals surface area contributed by atoms with Crippen LogP contribution in [0.3, 0.4) is 0 Å². The Morgan fingerprint density at radius 1 is 1.41 bits per heavy atom. The van der Waals surface area contributed by atoms with Crippen molar-refractivity contribution in [1.29, 1.82) is 0 Å². The lowest BCUT2D eigenvalue weighted by Crippen LogP contribution is -2.09. The maximum Gasteiger partial charge on any atom is 0.184 e. The number of sulfone groups is 1. The van der Waals surface area contributed by atoms with Crippen LogP contribution in [0.4, 0.5) is 4.39 Å². The van der Waals surface area contributed by atoms with Crippen molar-refractivity contribution >= 4 is 16.1 Å². The van der Waals surface area contributed by atoms with Gasteiger partial charge in [0.25, 0.3) is 0 Å².